The monoisotopic (exact) mass is 244 g/mol. The summed E-state index contributed by atoms with van der Waals surface area (Å²) in [4.78, 5) is 0. The molecule has 16 heavy (non-hydrogen) atoms. The van der Waals surface area contributed by atoms with Crippen LogP contribution in [-0.2, 0) is 18.3 Å². The standard InChI is InChI=1S/C10H17ClN4O/c1-8-10(11)9(14(2)13-8)7-12-15-3-5-16-6-4-15/h12H,3-7H2,1-2H3. The van der Waals surface area contributed by atoms with E-state index in [1.165, 1.54) is 0 Å². The average Bonchev–Trinajstić information content (AvgIpc) is 2.53. The lowest BCUT2D eigenvalue weighted by Crippen LogP contribution is -2.45. The summed E-state index contributed by atoms with van der Waals surface area (Å²) in [7, 11) is 1.91. The van der Waals surface area contributed by atoms with Crippen LogP contribution in [0.15, 0.2) is 0 Å². The molecule has 0 amide bonds. The highest BCUT2D eigenvalue weighted by Gasteiger charge is 2.14. The number of halogens is 1. The number of rotatable bonds is 3. The second kappa shape index (κ2) is 5.14. The Balaban J connectivity index is 1.93. The summed E-state index contributed by atoms with van der Waals surface area (Å²) in [6.07, 6.45) is 0. The summed E-state index contributed by atoms with van der Waals surface area (Å²) < 4.78 is 7.10. The van der Waals surface area contributed by atoms with Gasteiger partial charge in [0.05, 0.1) is 36.2 Å². The fourth-order valence-electron chi connectivity index (χ4n) is 1.78. The Morgan fingerprint density at radius 2 is 2.12 bits per heavy atom. The number of aromatic nitrogens is 2. The second-order valence-corrected chi connectivity index (χ2v) is 4.28. The highest BCUT2D eigenvalue weighted by molar-refractivity contribution is 6.31. The first-order chi connectivity index (χ1) is 7.68. The number of ether oxygens (including phenoxy) is 1. The van der Waals surface area contributed by atoms with Crippen molar-refractivity contribution in [1.29, 1.82) is 0 Å². The van der Waals surface area contributed by atoms with Crippen molar-refractivity contribution < 1.29 is 4.74 Å². The van der Waals surface area contributed by atoms with Gasteiger partial charge in [-0.2, -0.15) is 5.10 Å². The van der Waals surface area contributed by atoms with Gasteiger partial charge in [-0.1, -0.05) is 11.6 Å². The number of morpholine rings is 1. The molecular formula is C10H17ClN4O. The molecule has 1 saturated heterocycles. The lowest BCUT2D eigenvalue weighted by Gasteiger charge is -2.27. The highest BCUT2D eigenvalue weighted by Crippen LogP contribution is 2.18. The van der Waals surface area contributed by atoms with Gasteiger partial charge in [0, 0.05) is 20.1 Å². The van der Waals surface area contributed by atoms with Crippen LogP contribution in [0.4, 0.5) is 0 Å². The van der Waals surface area contributed by atoms with Crippen LogP contribution in [0.3, 0.4) is 0 Å². The molecule has 0 saturated carbocycles. The topological polar surface area (TPSA) is 42.3 Å². The van der Waals surface area contributed by atoms with Crippen molar-refractivity contribution in [3.8, 4) is 0 Å². The quantitative estimate of drug-likeness (QED) is 0.851. The molecule has 2 rings (SSSR count). The lowest BCUT2D eigenvalue weighted by atomic mass is 10.3. The zero-order valence-electron chi connectivity index (χ0n) is 9.66. The van der Waals surface area contributed by atoms with Crippen LogP contribution < -0.4 is 5.43 Å². The van der Waals surface area contributed by atoms with E-state index in [0.717, 1.165) is 42.7 Å². The molecule has 90 valence electrons. The third-order valence-corrected chi connectivity index (χ3v) is 3.23. The normalized spacial score (nSPS) is 17.9. The van der Waals surface area contributed by atoms with Crippen LogP contribution in [0.2, 0.25) is 5.02 Å². The van der Waals surface area contributed by atoms with Crippen LogP contribution in [0, 0.1) is 6.92 Å². The van der Waals surface area contributed by atoms with Gasteiger partial charge in [0.15, 0.2) is 0 Å². The largest absolute Gasteiger partial charge is 0.379 e. The predicted octanol–water partition coefficient (Wildman–Crippen LogP) is 0.719. The molecule has 0 bridgehead atoms. The Morgan fingerprint density at radius 1 is 1.44 bits per heavy atom. The first-order valence-corrected chi connectivity index (χ1v) is 5.80. The molecule has 2 heterocycles. The van der Waals surface area contributed by atoms with Gasteiger partial charge in [0.25, 0.3) is 0 Å². The Morgan fingerprint density at radius 3 is 2.69 bits per heavy atom. The van der Waals surface area contributed by atoms with Crippen molar-refractivity contribution in [3.05, 3.63) is 16.4 Å². The number of aryl methyl sites for hydroxylation is 2. The van der Waals surface area contributed by atoms with Gasteiger partial charge < -0.3 is 4.74 Å². The zero-order chi connectivity index (χ0) is 11.5. The number of nitrogens with zero attached hydrogens (tertiary/aromatic N) is 3. The first-order valence-electron chi connectivity index (χ1n) is 5.42. The Bertz CT molecular complexity index is 360. The maximum atomic E-state index is 6.17. The number of hydrogen-bond acceptors (Lipinski definition) is 4. The lowest BCUT2D eigenvalue weighted by molar-refractivity contribution is 0.0102. The Kier molecular flexibility index (Phi) is 3.81. The fourth-order valence-corrected chi connectivity index (χ4v) is 2.01. The highest BCUT2D eigenvalue weighted by atomic mass is 35.5. The van der Waals surface area contributed by atoms with Gasteiger partial charge in [-0.05, 0) is 6.92 Å². The van der Waals surface area contributed by atoms with Crippen LogP contribution in [0.1, 0.15) is 11.4 Å². The molecule has 0 aromatic carbocycles. The summed E-state index contributed by atoms with van der Waals surface area (Å²) in [6.45, 7) is 6.01. The van der Waals surface area contributed by atoms with Crippen LogP contribution in [-0.4, -0.2) is 41.1 Å². The van der Waals surface area contributed by atoms with E-state index >= 15 is 0 Å². The molecule has 1 aliphatic rings. The van der Waals surface area contributed by atoms with Crippen molar-refractivity contribution in [3.63, 3.8) is 0 Å². The van der Waals surface area contributed by atoms with E-state index in [4.69, 9.17) is 16.3 Å². The van der Waals surface area contributed by atoms with Crippen LogP contribution in [0.5, 0.6) is 0 Å². The van der Waals surface area contributed by atoms with Gasteiger partial charge in [-0.3, -0.25) is 4.68 Å². The summed E-state index contributed by atoms with van der Waals surface area (Å²) in [5.41, 5.74) is 5.24. The predicted molar refractivity (Wildman–Crippen MR) is 62.2 cm³/mol. The Labute approximate surface area is 100 Å². The molecule has 1 aromatic rings. The molecule has 6 heteroatoms. The minimum atomic E-state index is 0.705. The summed E-state index contributed by atoms with van der Waals surface area (Å²) in [5.74, 6) is 0. The number of hydrogen-bond donors (Lipinski definition) is 1. The SMILES string of the molecule is Cc1nn(C)c(CNN2CCOCC2)c1Cl. The van der Waals surface area contributed by atoms with Gasteiger partial charge in [-0.25, -0.2) is 10.4 Å². The maximum Gasteiger partial charge on any atom is 0.0860 e. The molecule has 1 aromatic heterocycles. The van der Waals surface area contributed by atoms with Gasteiger partial charge in [-0.15, -0.1) is 0 Å². The summed E-state index contributed by atoms with van der Waals surface area (Å²) in [5, 5.41) is 7.18. The van der Waals surface area contributed by atoms with Crippen molar-refractivity contribution in [2.45, 2.75) is 13.5 Å². The van der Waals surface area contributed by atoms with Crippen molar-refractivity contribution in [1.82, 2.24) is 20.2 Å². The minimum Gasteiger partial charge on any atom is -0.379 e. The molecule has 0 atom stereocenters. The number of hydrazine groups is 1. The molecule has 0 unspecified atom stereocenters. The third-order valence-electron chi connectivity index (χ3n) is 2.74. The van der Waals surface area contributed by atoms with E-state index in [-0.39, 0.29) is 0 Å². The van der Waals surface area contributed by atoms with Crippen molar-refractivity contribution in [2.24, 2.45) is 7.05 Å². The minimum absolute atomic E-state index is 0.705. The molecule has 0 spiro atoms. The molecule has 1 aliphatic heterocycles. The van der Waals surface area contributed by atoms with Crippen LogP contribution in [0.25, 0.3) is 0 Å². The molecule has 1 fully saturated rings. The smallest absolute Gasteiger partial charge is 0.0860 e. The second-order valence-electron chi connectivity index (χ2n) is 3.90. The molecule has 0 aliphatic carbocycles. The molecule has 0 radical (unpaired) electrons. The van der Waals surface area contributed by atoms with E-state index in [9.17, 15) is 0 Å². The van der Waals surface area contributed by atoms with Crippen molar-refractivity contribution >= 4 is 11.6 Å². The number of nitrogens with one attached hydrogen (secondary N) is 1. The van der Waals surface area contributed by atoms with Gasteiger partial charge in [0.1, 0.15) is 0 Å². The van der Waals surface area contributed by atoms with Crippen LogP contribution >= 0.6 is 11.6 Å². The summed E-state index contributed by atoms with van der Waals surface area (Å²) >= 11 is 6.17. The third kappa shape index (κ3) is 2.55. The molecular weight excluding hydrogens is 228 g/mol. The zero-order valence-corrected chi connectivity index (χ0v) is 10.4. The van der Waals surface area contributed by atoms with E-state index in [1.807, 2.05) is 18.7 Å². The van der Waals surface area contributed by atoms with Crippen molar-refractivity contribution in [2.75, 3.05) is 26.3 Å². The Hall–Kier alpha value is -0.620. The first kappa shape index (κ1) is 11.9. The van der Waals surface area contributed by atoms with E-state index in [2.05, 4.69) is 15.5 Å². The fraction of sp³-hybridized carbons (Fsp3) is 0.700. The van der Waals surface area contributed by atoms with E-state index < -0.39 is 0 Å². The van der Waals surface area contributed by atoms with Gasteiger partial charge >= 0.3 is 0 Å². The molecule has 5 nitrogen and oxygen atoms in total. The van der Waals surface area contributed by atoms with E-state index in [1.54, 1.807) is 0 Å². The van der Waals surface area contributed by atoms with Gasteiger partial charge in [0.2, 0.25) is 0 Å². The van der Waals surface area contributed by atoms with E-state index in [0.29, 0.717) is 6.54 Å². The molecule has 1 N–H and O–H groups in total. The maximum absolute atomic E-state index is 6.17. The summed E-state index contributed by atoms with van der Waals surface area (Å²) in [6, 6.07) is 0. The average molecular weight is 245 g/mol.